The Morgan fingerprint density at radius 3 is 2.52 bits per heavy atom. The second-order valence-electron chi connectivity index (χ2n) is 7.49. The van der Waals surface area contributed by atoms with Crippen LogP contribution < -0.4 is 0 Å². The van der Waals surface area contributed by atoms with Crippen LogP contribution in [0.5, 0.6) is 0 Å². The lowest BCUT2D eigenvalue weighted by Gasteiger charge is -2.19. The van der Waals surface area contributed by atoms with E-state index in [9.17, 15) is 0 Å². The third kappa shape index (κ3) is 5.02. The van der Waals surface area contributed by atoms with E-state index in [1.165, 1.54) is 5.56 Å². The van der Waals surface area contributed by atoms with Crippen molar-refractivity contribution in [2.24, 2.45) is 0 Å². The van der Waals surface area contributed by atoms with Gasteiger partial charge in [-0.05, 0) is 29.5 Å². The Kier molecular flexibility index (Phi) is 6.39. The number of benzene rings is 1. The Labute approximate surface area is 165 Å². The Hall–Kier alpha value is -2.05. The van der Waals surface area contributed by atoms with Crippen LogP contribution in [0.4, 0.5) is 0 Å². The summed E-state index contributed by atoms with van der Waals surface area (Å²) < 4.78 is 12.8. The topological polar surface area (TPSA) is 53.1 Å². The zero-order chi connectivity index (χ0) is 19.3. The summed E-state index contributed by atoms with van der Waals surface area (Å²) in [5.41, 5.74) is 2.49. The van der Waals surface area contributed by atoms with E-state index in [1.54, 1.807) is 25.1 Å². The summed E-state index contributed by atoms with van der Waals surface area (Å²) in [6, 6.07) is 12.5. The third-order valence-corrected chi connectivity index (χ3v) is 5.40. The van der Waals surface area contributed by atoms with Gasteiger partial charge in [-0.25, -0.2) is 0 Å². The van der Waals surface area contributed by atoms with Gasteiger partial charge in [0.25, 0.3) is 0 Å². The number of thioether (sulfide) groups is 1. The minimum Gasteiger partial charge on any atom is -0.467 e. The van der Waals surface area contributed by atoms with Gasteiger partial charge in [0, 0.05) is 25.0 Å². The van der Waals surface area contributed by atoms with Crippen molar-refractivity contribution in [2.45, 2.75) is 44.3 Å². The summed E-state index contributed by atoms with van der Waals surface area (Å²) in [7, 11) is 1.73. The van der Waals surface area contributed by atoms with Gasteiger partial charge < -0.3 is 9.15 Å². The van der Waals surface area contributed by atoms with Gasteiger partial charge in [-0.1, -0.05) is 56.8 Å². The number of ether oxygens (including phenoxy) is 1. The van der Waals surface area contributed by atoms with Gasteiger partial charge in [-0.2, -0.15) is 0 Å². The summed E-state index contributed by atoms with van der Waals surface area (Å²) >= 11 is 1.70. The van der Waals surface area contributed by atoms with Crippen molar-refractivity contribution in [3.8, 4) is 11.4 Å². The highest BCUT2D eigenvalue weighted by Crippen LogP contribution is 2.28. The summed E-state index contributed by atoms with van der Waals surface area (Å²) in [6.45, 7) is 8.02. The number of aromatic nitrogens is 3. The minimum absolute atomic E-state index is 0.128. The molecule has 2 aromatic heterocycles. The smallest absolute Gasteiger partial charge is 0.191 e. The molecule has 5 nitrogen and oxygen atoms in total. The molecule has 3 rings (SSSR count). The molecule has 0 aliphatic heterocycles. The molecule has 0 spiro atoms. The average Bonchev–Trinajstić information content (AvgIpc) is 3.29. The van der Waals surface area contributed by atoms with Crippen molar-refractivity contribution in [1.82, 2.24) is 14.8 Å². The van der Waals surface area contributed by atoms with Gasteiger partial charge in [0.2, 0.25) is 0 Å². The SMILES string of the molecule is COCCCSc1nnc(-c2ccc(C(C)(C)C)cc2)n1Cc1ccco1. The van der Waals surface area contributed by atoms with Gasteiger partial charge in [-0.15, -0.1) is 10.2 Å². The normalized spacial score (nSPS) is 11.9. The lowest BCUT2D eigenvalue weighted by Crippen LogP contribution is -2.10. The number of rotatable bonds is 8. The van der Waals surface area contributed by atoms with Crippen LogP contribution in [0, 0.1) is 0 Å². The van der Waals surface area contributed by atoms with Crippen molar-refractivity contribution in [2.75, 3.05) is 19.5 Å². The maximum Gasteiger partial charge on any atom is 0.191 e. The lowest BCUT2D eigenvalue weighted by atomic mass is 9.87. The predicted molar refractivity (Wildman–Crippen MR) is 109 cm³/mol. The van der Waals surface area contributed by atoms with E-state index >= 15 is 0 Å². The van der Waals surface area contributed by atoms with E-state index in [-0.39, 0.29) is 5.41 Å². The molecule has 0 saturated carbocycles. The Bertz CT molecular complexity index is 833. The maximum atomic E-state index is 5.55. The molecular weight excluding hydrogens is 358 g/mol. The van der Waals surface area contributed by atoms with Gasteiger partial charge in [-0.3, -0.25) is 4.57 Å². The zero-order valence-electron chi connectivity index (χ0n) is 16.4. The Morgan fingerprint density at radius 2 is 1.89 bits per heavy atom. The number of hydrogen-bond donors (Lipinski definition) is 0. The zero-order valence-corrected chi connectivity index (χ0v) is 17.3. The van der Waals surface area contributed by atoms with Crippen LogP contribution in [-0.4, -0.2) is 34.2 Å². The van der Waals surface area contributed by atoms with Crippen molar-refractivity contribution >= 4 is 11.8 Å². The molecule has 0 bridgehead atoms. The molecule has 0 aliphatic carbocycles. The highest BCUT2D eigenvalue weighted by Gasteiger charge is 2.18. The Balaban J connectivity index is 1.88. The standard InChI is InChI=1S/C21H27N3O2S/c1-21(2,3)17-10-8-16(9-11-17)19-22-23-20(27-14-6-12-25-4)24(19)15-18-7-5-13-26-18/h5,7-11,13H,6,12,14-15H2,1-4H3. The first-order chi connectivity index (χ1) is 13.0. The summed E-state index contributed by atoms with van der Waals surface area (Å²) in [5.74, 6) is 2.69. The highest BCUT2D eigenvalue weighted by molar-refractivity contribution is 7.99. The molecule has 2 heterocycles. The van der Waals surface area contributed by atoms with Gasteiger partial charge in [0.05, 0.1) is 12.8 Å². The van der Waals surface area contributed by atoms with E-state index < -0.39 is 0 Å². The molecule has 0 aliphatic rings. The van der Waals surface area contributed by atoms with Crippen LogP contribution in [0.25, 0.3) is 11.4 Å². The third-order valence-electron chi connectivity index (χ3n) is 4.34. The molecule has 27 heavy (non-hydrogen) atoms. The van der Waals surface area contributed by atoms with Crippen LogP contribution in [0.15, 0.2) is 52.2 Å². The summed E-state index contributed by atoms with van der Waals surface area (Å²) in [6.07, 6.45) is 2.67. The van der Waals surface area contributed by atoms with Gasteiger partial charge in [0.15, 0.2) is 11.0 Å². The molecule has 0 fully saturated rings. The molecule has 0 radical (unpaired) electrons. The lowest BCUT2D eigenvalue weighted by molar-refractivity contribution is 0.200. The van der Waals surface area contributed by atoms with Crippen LogP contribution >= 0.6 is 11.8 Å². The molecule has 0 atom stereocenters. The van der Waals surface area contributed by atoms with Gasteiger partial charge in [0.1, 0.15) is 5.76 Å². The maximum absolute atomic E-state index is 5.55. The largest absolute Gasteiger partial charge is 0.467 e. The fourth-order valence-electron chi connectivity index (χ4n) is 2.80. The highest BCUT2D eigenvalue weighted by atomic mass is 32.2. The van der Waals surface area contributed by atoms with Crippen molar-refractivity contribution in [3.63, 3.8) is 0 Å². The van der Waals surface area contributed by atoms with Crippen LogP contribution in [0.3, 0.4) is 0 Å². The van der Waals surface area contributed by atoms with E-state index in [4.69, 9.17) is 9.15 Å². The van der Waals surface area contributed by atoms with Crippen LogP contribution in [0.1, 0.15) is 38.5 Å². The molecular formula is C21H27N3O2S. The van der Waals surface area contributed by atoms with E-state index in [0.29, 0.717) is 6.54 Å². The van der Waals surface area contributed by atoms with Gasteiger partial charge >= 0.3 is 0 Å². The molecule has 1 aromatic carbocycles. The number of nitrogens with zero attached hydrogens (tertiary/aromatic N) is 3. The molecule has 3 aromatic rings. The van der Waals surface area contributed by atoms with Crippen molar-refractivity contribution < 1.29 is 9.15 Å². The van der Waals surface area contributed by atoms with E-state index in [2.05, 4.69) is 59.8 Å². The monoisotopic (exact) mass is 385 g/mol. The predicted octanol–water partition coefficient (Wildman–Crippen LogP) is 5.01. The number of hydrogen-bond acceptors (Lipinski definition) is 5. The Morgan fingerprint density at radius 1 is 1.11 bits per heavy atom. The molecule has 0 saturated heterocycles. The van der Waals surface area contributed by atoms with E-state index in [1.807, 2.05) is 12.1 Å². The second kappa shape index (κ2) is 8.76. The molecule has 0 unspecified atom stereocenters. The first-order valence-corrected chi connectivity index (χ1v) is 10.2. The fraction of sp³-hybridized carbons (Fsp3) is 0.429. The minimum atomic E-state index is 0.128. The second-order valence-corrected chi connectivity index (χ2v) is 8.56. The van der Waals surface area contributed by atoms with Crippen molar-refractivity contribution in [3.05, 3.63) is 54.0 Å². The number of methoxy groups -OCH3 is 1. The van der Waals surface area contributed by atoms with Crippen molar-refractivity contribution in [1.29, 1.82) is 0 Å². The van der Waals surface area contributed by atoms with Crippen LogP contribution in [-0.2, 0) is 16.7 Å². The fourth-order valence-corrected chi connectivity index (χ4v) is 3.65. The summed E-state index contributed by atoms with van der Waals surface area (Å²) in [4.78, 5) is 0. The molecule has 6 heteroatoms. The number of furan rings is 1. The molecule has 0 amide bonds. The van der Waals surface area contributed by atoms with E-state index in [0.717, 1.165) is 41.1 Å². The first kappa shape index (κ1) is 19.7. The molecule has 0 N–H and O–H groups in total. The first-order valence-electron chi connectivity index (χ1n) is 9.17. The van der Waals surface area contributed by atoms with Crippen LogP contribution in [0.2, 0.25) is 0 Å². The average molecular weight is 386 g/mol. The molecule has 144 valence electrons. The quantitative estimate of drug-likeness (QED) is 0.403. The summed E-state index contributed by atoms with van der Waals surface area (Å²) in [5, 5.41) is 9.81.